The predicted octanol–water partition coefficient (Wildman–Crippen LogP) is 4.09. The zero-order valence-corrected chi connectivity index (χ0v) is 12.1. The van der Waals surface area contributed by atoms with Gasteiger partial charge in [0.05, 0.1) is 0 Å². The van der Waals surface area contributed by atoms with Crippen molar-refractivity contribution in [3.63, 3.8) is 0 Å². The van der Waals surface area contributed by atoms with Gasteiger partial charge in [-0.05, 0) is 24.5 Å². The number of benzene rings is 1. The van der Waals surface area contributed by atoms with Crippen molar-refractivity contribution in [2.45, 2.75) is 58.3 Å². The molecule has 0 heterocycles. The van der Waals surface area contributed by atoms with Gasteiger partial charge in [0, 0.05) is 0 Å². The van der Waals surface area contributed by atoms with Gasteiger partial charge < -0.3 is 15.3 Å². The number of hydrogen-bond donors (Lipinski definition) is 3. The number of carboxylic acid groups (broad SMARTS) is 1. The minimum Gasteiger partial charge on any atom is -0.504 e. The van der Waals surface area contributed by atoms with Crippen LogP contribution in [0.3, 0.4) is 0 Å². The van der Waals surface area contributed by atoms with Crippen LogP contribution in [0.5, 0.6) is 11.5 Å². The van der Waals surface area contributed by atoms with E-state index in [1.165, 1.54) is 31.7 Å². The first kappa shape index (κ1) is 16.3. The highest BCUT2D eigenvalue weighted by atomic mass is 16.4. The second-order valence-corrected chi connectivity index (χ2v) is 5.14. The van der Waals surface area contributed by atoms with Crippen LogP contribution in [0.25, 0.3) is 0 Å². The van der Waals surface area contributed by atoms with Gasteiger partial charge in [-0.2, -0.15) is 0 Å². The highest BCUT2D eigenvalue weighted by molar-refractivity contribution is 5.93. The van der Waals surface area contributed by atoms with Crippen LogP contribution in [0, 0.1) is 0 Å². The summed E-state index contributed by atoms with van der Waals surface area (Å²) in [6.45, 7) is 2.19. The molecule has 0 aliphatic carbocycles. The fourth-order valence-electron chi connectivity index (χ4n) is 2.34. The molecular formula is C16H24O4. The first-order valence-corrected chi connectivity index (χ1v) is 7.35. The van der Waals surface area contributed by atoms with Gasteiger partial charge in [-0.1, -0.05) is 51.5 Å². The van der Waals surface area contributed by atoms with E-state index >= 15 is 0 Å². The van der Waals surface area contributed by atoms with Crippen molar-refractivity contribution >= 4 is 5.97 Å². The molecule has 3 N–H and O–H groups in total. The lowest BCUT2D eigenvalue weighted by atomic mass is 9.99. The van der Waals surface area contributed by atoms with Crippen LogP contribution in [0.15, 0.2) is 12.1 Å². The molecule has 0 aliphatic rings. The Morgan fingerprint density at radius 2 is 1.60 bits per heavy atom. The summed E-state index contributed by atoms with van der Waals surface area (Å²) in [4.78, 5) is 11.1. The number of hydrogen-bond acceptors (Lipinski definition) is 3. The van der Waals surface area contributed by atoms with E-state index in [0.717, 1.165) is 19.3 Å². The number of phenols is 2. The Bertz CT molecular complexity index is 440. The largest absolute Gasteiger partial charge is 0.504 e. The number of aryl methyl sites for hydroxylation is 1. The van der Waals surface area contributed by atoms with Gasteiger partial charge in [0.1, 0.15) is 5.56 Å². The second kappa shape index (κ2) is 8.46. The average molecular weight is 280 g/mol. The van der Waals surface area contributed by atoms with Gasteiger partial charge >= 0.3 is 5.97 Å². The number of aromatic carboxylic acids is 1. The molecule has 0 atom stereocenters. The minimum atomic E-state index is -1.20. The minimum absolute atomic E-state index is 0.170. The van der Waals surface area contributed by atoms with E-state index in [9.17, 15) is 15.0 Å². The highest BCUT2D eigenvalue weighted by Crippen LogP contribution is 2.32. The summed E-state index contributed by atoms with van der Waals surface area (Å²) in [6, 6.07) is 2.92. The Balaban J connectivity index is 2.48. The zero-order chi connectivity index (χ0) is 15.0. The third-order valence-corrected chi connectivity index (χ3v) is 3.51. The zero-order valence-electron chi connectivity index (χ0n) is 12.1. The summed E-state index contributed by atoms with van der Waals surface area (Å²) in [7, 11) is 0. The first-order valence-electron chi connectivity index (χ1n) is 7.35. The maximum absolute atomic E-state index is 11.1. The third-order valence-electron chi connectivity index (χ3n) is 3.51. The molecule has 0 fully saturated rings. The standard InChI is InChI=1S/C16H24O4/c1-2-3-4-5-6-7-8-9-12-10-11-13(17)15(18)14(12)16(19)20/h10-11,17-18H,2-9H2,1H3,(H,19,20). The number of unbranched alkanes of at least 4 members (excludes halogenated alkanes) is 6. The van der Waals surface area contributed by atoms with Crippen molar-refractivity contribution in [3.05, 3.63) is 23.3 Å². The summed E-state index contributed by atoms with van der Waals surface area (Å²) >= 11 is 0. The van der Waals surface area contributed by atoms with Crippen molar-refractivity contribution in [2.75, 3.05) is 0 Å². The fraction of sp³-hybridized carbons (Fsp3) is 0.562. The molecule has 0 spiro atoms. The quantitative estimate of drug-likeness (QED) is 0.470. The molecule has 1 aromatic carbocycles. The molecule has 0 saturated carbocycles. The summed E-state index contributed by atoms with van der Waals surface area (Å²) in [6.07, 6.45) is 8.72. The van der Waals surface area contributed by atoms with Crippen molar-refractivity contribution < 1.29 is 20.1 Å². The van der Waals surface area contributed by atoms with Gasteiger partial charge in [0.2, 0.25) is 0 Å². The van der Waals surface area contributed by atoms with Crippen LogP contribution in [0.1, 0.15) is 67.8 Å². The van der Waals surface area contributed by atoms with Crippen LogP contribution in [0.4, 0.5) is 0 Å². The SMILES string of the molecule is CCCCCCCCCc1ccc(O)c(O)c1C(=O)O. The molecule has 0 unspecified atom stereocenters. The molecular weight excluding hydrogens is 256 g/mol. The van der Waals surface area contributed by atoms with Crippen LogP contribution in [-0.2, 0) is 6.42 Å². The van der Waals surface area contributed by atoms with Crippen LogP contribution >= 0.6 is 0 Å². The van der Waals surface area contributed by atoms with Crippen LogP contribution in [-0.4, -0.2) is 21.3 Å². The van der Waals surface area contributed by atoms with Crippen molar-refractivity contribution in [1.82, 2.24) is 0 Å². The molecule has 0 aliphatic heterocycles. The van der Waals surface area contributed by atoms with E-state index in [4.69, 9.17) is 5.11 Å². The smallest absolute Gasteiger partial charge is 0.339 e. The Morgan fingerprint density at radius 3 is 2.20 bits per heavy atom. The molecule has 0 aromatic heterocycles. The Morgan fingerprint density at radius 1 is 1.00 bits per heavy atom. The van der Waals surface area contributed by atoms with Crippen molar-refractivity contribution in [3.8, 4) is 11.5 Å². The summed E-state index contributed by atoms with van der Waals surface area (Å²) in [5.74, 6) is -2.11. The van der Waals surface area contributed by atoms with E-state index in [2.05, 4.69) is 6.92 Å². The number of carboxylic acids is 1. The van der Waals surface area contributed by atoms with E-state index in [-0.39, 0.29) is 11.3 Å². The Labute approximate surface area is 120 Å². The van der Waals surface area contributed by atoms with E-state index in [1.807, 2.05) is 0 Å². The maximum atomic E-state index is 11.1. The lowest BCUT2D eigenvalue weighted by Gasteiger charge is -2.09. The molecule has 0 bridgehead atoms. The summed E-state index contributed by atoms with van der Waals surface area (Å²) in [5, 5.41) is 28.1. The lowest BCUT2D eigenvalue weighted by molar-refractivity contribution is 0.0691. The summed E-state index contributed by atoms with van der Waals surface area (Å²) in [5.41, 5.74) is 0.414. The summed E-state index contributed by atoms with van der Waals surface area (Å²) < 4.78 is 0. The van der Waals surface area contributed by atoms with Crippen LogP contribution < -0.4 is 0 Å². The number of rotatable bonds is 9. The maximum Gasteiger partial charge on any atom is 0.339 e. The molecule has 20 heavy (non-hydrogen) atoms. The number of carbonyl (C=O) groups is 1. The topological polar surface area (TPSA) is 77.8 Å². The van der Waals surface area contributed by atoms with Gasteiger partial charge in [-0.3, -0.25) is 0 Å². The third kappa shape index (κ3) is 4.76. The lowest BCUT2D eigenvalue weighted by Crippen LogP contribution is -2.03. The molecule has 0 amide bonds. The number of phenolic OH excluding ortho intramolecular Hbond substituents is 1. The van der Waals surface area contributed by atoms with Crippen molar-refractivity contribution in [1.29, 1.82) is 0 Å². The average Bonchev–Trinajstić information content (AvgIpc) is 2.41. The molecule has 0 radical (unpaired) electrons. The van der Waals surface area contributed by atoms with Crippen LogP contribution in [0.2, 0.25) is 0 Å². The van der Waals surface area contributed by atoms with Gasteiger partial charge in [0.15, 0.2) is 11.5 Å². The van der Waals surface area contributed by atoms with Gasteiger partial charge in [0.25, 0.3) is 0 Å². The molecule has 1 rings (SSSR count). The normalized spacial score (nSPS) is 10.7. The van der Waals surface area contributed by atoms with Gasteiger partial charge in [-0.25, -0.2) is 4.79 Å². The Kier molecular flexibility index (Phi) is 6.91. The van der Waals surface area contributed by atoms with E-state index < -0.39 is 11.7 Å². The molecule has 1 aromatic rings. The highest BCUT2D eigenvalue weighted by Gasteiger charge is 2.18. The number of aromatic hydroxyl groups is 2. The molecule has 4 nitrogen and oxygen atoms in total. The van der Waals surface area contributed by atoms with E-state index in [0.29, 0.717) is 12.0 Å². The fourth-order valence-corrected chi connectivity index (χ4v) is 2.34. The van der Waals surface area contributed by atoms with Gasteiger partial charge in [-0.15, -0.1) is 0 Å². The monoisotopic (exact) mass is 280 g/mol. The molecule has 0 saturated heterocycles. The molecule has 112 valence electrons. The predicted molar refractivity (Wildman–Crippen MR) is 78.4 cm³/mol. The first-order chi connectivity index (χ1) is 9.57. The Hall–Kier alpha value is -1.71. The van der Waals surface area contributed by atoms with Crippen molar-refractivity contribution in [2.24, 2.45) is 0 Å². The van der Waals surface area contributed by atoms with E-state index in [1.54, 1.807) is 6.07 Å². The molecule has 4 heteroatoms. The second-order valence-electron chi connectivity index (χ2n) is 5.14.